The fourth-order valence-corrected chi connectivity index (χ4v) is 7.83. The lowest BCUT2D eigenvalue weighted by molar-refractivity contribution is -0.138. The predicted octanol–water partition coefficient (Wildman–Crippen LogP) is 3.53. The molecule has 3 fully saturated rings. The van der Waals surface area contributed by atoms with Gasteiger partial charge in [-0.2, -0.15) is 0 Å². The number of carbonyl (C=O) groups excluding carboxylic acids is 4. The van der Waals surface area contributed by atoms with E-state index in [0.717, 1.165) is 16.9 Å². The Hall–Kier alpha value is -2.94. The van der Waals surface area contributed by atoms with Crippen molar-refractivity contribution in [1.82, 2.24) is 4.90 Å². The Kier molecular flexibility index (Phi) is 5.69. The van der Waals surface area contributed by atoms with Crippen molar-refractivity contribution in [2.75, 3.05) is 11.9 Å². The average Bonchev–Trinajstić information content (AvgIpc) is 3.53. The Bertz CT molecular complexity index is 1420. The summed E-state index contributed by atoms with van der Waals surface area (Å²) in [5.41, 5.74) is 2.23. The maximum Gasteiger partial charge on any atom is 0.253 e. The van der Waals surface area contributed by atoms with Crippen LogP contribution in [0.1, 0.15) is 42.8 Å². The number of anilines is 1. The number of aryl methyl sites for hydroxylation is 1. The number of aliphatic hydroxyl groups is 1. The number of amides is 4. The van der Waals surface area contributed by atoms with Crippen molar-refractivity contribution >= 4 is 52.5 Å². The van der Waals surface area contributed by atoms with Gasteiger partial charge in [0, 0.05) is 7.05 Å². The fraction of sp³-hybridized carbons (Fsp3) is 0.429. The summed E-state index contributed by atoms with van der Waals surface area (Å²) in [5.74, 6) is -4.42. The van der Waals surface area contributed by atoms with Crippen molar-refractivity contribution in [1.29, 1.82) is 0 Å². The predicted molar refractivity (Wildman–Crippen MR) is 138 cm³/mol. The van der Waals surface area contributed by atoms with Crippen LogP contribution < -0.4 is 4.90 Å². The minimum Gasteiger partial charge on any atom is -0.463 e. The number of hydrogen-bond acceptors (Lipinski definition) is 6. The molecule has 3 heterocycles. The number of alkyl halides is 2. The number of aliphatic hydroxyl groups excluding tert-OH is 1. The second-order valence-corrected chi connectivity index (χ2v) is 11.7. The second kappa shape index (κ2) is 8.53. The van der Waals surface area contributed by atoms with Crippen LogP contribution in [0.5, 0.6) is 0 Å². The van der Waals surface area contributed by atoms with E-state index in [1.807, 2.05) is 25.1 Å². The molecule has 1 N–H and O–H groups in total. The van der Waals surface area contributed by atoms with Crippen LogP contribution in [0, 0.1) is 17.8 Å². The molecule has 1 aromatic heterocycles. The third-order valence-corrected chi connectivity index (χ3v) is 10.2. The average molecular weight is 557 g/mol. The van der Waals surface area contributed by atoms with Gasteiger partial charge in [-0.3, -0.25) is 29.0 Å². The summed E-state index contributed by atoms with van der Waals surface area (Å²) < 4.78 is 5.85. The molecule has 1 aromatic carbocycles. The lowest BCUT2D eigenvalue weighted by Crippen LogP contribution is -2.60. The van der Waals surface area contributed by atoms with E-state index in [4.69, 9.17) is 27.6 Å². The molecule has 0 unspecified atom stereocenters. The lowest BCUT2D eigenvalue weighted by atomic mass is 9.57. The van der Waals surface area contributed by atoms with Gasteiger partial charge in [0.05, 0.1) is 23.4 Å². The highest BCUT2D eigenvalue weighted by Gasteiger charge is 2.76. The van der Waals surface area contributed by atoms with Gasteiger partial charge in [0.1, 0.15) is 18.1 Å². The van der Waals surface area contributed by atoms with Crippen LogP contribution in [-0.2, 0) is 32.2 Å². The smallest absolute Gasteiger partial charge is 0.253 e. The normalized spacial score (nSPS) is 34.4. The van der Waals surface area contributed by atoms with Gasteiger partial charge >= 0.3 is 0 Å². The summed E-state index contributed by atoms with van der Waals surface area (Å²) in [6, 6.07) is 10.5. The van der Waals surface area contributed by atoms with Crippen molar-refractivity contribution in [2.45, 2.75) is 48.5 Å². The monoisotopic (exact) mass is 556 g/mol. The zero-order valence-electron chi connectivity index (χ0n) is 20.8. The molecule has 2 aromatic rings. The maximum absolute atomic E-state index is 13.9. The zero-order valence-corrected chi connectivity index (χ0v) is 22.3. The maximum atomic E-state index is 13.9. The number of hydrogen-bond donors (Lipinski definition) is 1. The SMILES string of the molecule is CCc1ccc(N2C(=O)[C@H]3[C@H](CC=C4[C@H]3C[C@@]3(Cl)C(=O)N(C)C(=O)[C@@]3(Cl)[C@H]4c3ccc(CO)o3)C2=O)cc1. The molecule has 2 aliphatic carbocycles. The molecule has 198 valence electrons. The molecule has 10 heteroatoms. The molecular formula is C28H26Cl2N2O6. The topological polar surface area (TPSA) is 108 Å². The molecule has 2 aliphatic heterocycles. The molecule has 6 atom stereocenters. The minimum atomic E-state index is -1.90. The van der Waals surface area contributed by atoms with Crippen molar-refractivity contribution in [3.8, 4) is 0 Å². The van der Waals surface area contributed by atoms with E-state index in [2.05, 4.69) is 0 Å². The number of rotatable bonds is 4. The van der Waals surface area contributed by atoms with Gasteiger partial charge in [-0.05, 0) is 55.0 Å². The summed E-state index contributed by atoms with van der Waals surface area (Å²) in [4.78, 5) is 52.8. The van der Waals surface area contributed by atoms with Crippen LogP contribution in [0.25, 0.3) is 0 Å². The largest absolute Gasteiger partial charge is 0.463 e. The van der Waals surface area contributed by atoms with Crippen LogP contribution in [0.4, 0.5) is 5.69 Å². The van der Waals surface area contributed by atoms with E-state index in [9.17, 15) is 24.3 Å². The number of carbonyl (C=O) groups is 4. The van der Waals surface area contributed by atoms with Gasteiger partial charge in [0.2, 0.25) is 11.8 Å². The molecule has 0 radical (unpaired) electrons. The van der Waals surface area contributed by atoms with Crippen LogP contribution in [0.15, 0.2) is 52.5 Å². The summed E-state index contributed by atoms with van der Waals surface area (Å²) in [6.45, 7) is 1.66. The molecule has 2 saturated heterocycles. The number of likely N-dealkylation sites (tertiary alicyclic amines) is 1. The molecule has 8 nitrogen and oxygen atoms in total. The minimum absolute atomic E-state index is 0.0777. The number of nitrogens with zero attached hydrogens (tertiary/aromatic N) is 2. The van der Waals surface area contributed by atoms with Crippen LogP contribution >= 0.6 is 23.2 Å². The number of imide groups is 2. The van der Waals surface area contributed by atoms with E-state index in [1.165, 1.54) is 11.9 Å². The first kappa shape index (κ1) is 25.3. The summed E-state index contributed by atoms with van der Waals surface area (Å²) in [5, 5.41) is 9.59. The Morgan fingerprint density at radius 2 is 1.71 bits per heavy atom. The molecule has 4 amide bonds. The highest BCUT2D eigenvalue weighted by molar-refractivity contribution is 6.53. The standard InChI is InChI=1S/C28H26Cl2N2O6/c1-3-14-4-6-15(7-5-14)32-23(34)18-10-9-17-19(21(18)24(32)35)12-27(29)25(36)31(2)26(37)28(27,30)22(17)20-11-8-16(13-33)38-20/h4-9,11,18-19,21-22,33H,3,10,12-13H2,1-2H3/t18-,19+,21-,22+,27+,28-/m0/s1. The molecule has 1 saturated carbocycles. The zero-order chi connectivity index (χ0) is 27.1. The van der Waals surface area contributed by atoms with Crippen LogP contribution in [-0.4, -0.2) is 50.4 Å². The van der Waals surface area contributed by atoms with Gasteiger partial charge < -0.3 is 9.52 Å². The number of furan rings is 1. The van der Waals surface area contributed by atoms with Gasteiger partial charge in [0.15, 0.2) is 9.75 Å². The molecule has 0 spiro atoms. The van der Waals surface area contributed by atoms with Crippen molar-refractivity contribution in [3.05, 3.63) is 65.1 Å². The van der Waals surface area contributed by atoms with Gasteiger partial charge in [-0.15, -0.1) is 23.2 Å². The summed E-state index contributed by atoms with van der Waals surface area (Å²) in [6.07, 6.45) is 2.87. The van der Waals surface area contributed by atoms with E-state index in [0.29, 0.717) is 11.3 Å². The molecule has 6 rings (SSSR count). The Morgan fingerprint density at radius 3 is 2.34 bits per heavy atom. The number of allylic oxidation sites excluding steroid dienone is 2. The Labute approximate surface area is 229 Å². The number of benzene rings is 1. The first-order valence-electron chi connectivity index (χ1n) is 12.6. The second-order valence-electron chi connectivity index (χ2n) is 10.5. The summed E-state index contributed by atoms with van der Waals surface area (Å²) >= 11 is 14.2. The first-order valence-corrected chi connectivity index (χ1v) is 13.4. The van der Waals surface area contributed by atoms with Gasteiger partial charge in [-0.1, -0.05) is 30.7 Å². The first-order chi connectivity index (χ1) is 18.1. The van der Waals surface area contributed by atoms with Gasteiger partial charge in [-0.25, -0.2) is 0 Å². The van der Waals surface area contributed by atoms with Crippen LogP contribution in [0.3, 0.4) is 0 Å². The van der Waals surface area contributed by atoms with E-state index in [1.54, 1.807) is 24.3 Å². The lowest BCUT2D eigenvalue weighted by Gasteiger charge is -2.49. The third-order valence-electron chi connectivity index (χ3n) is 8.74. The Morgan fingerprint density at radius 1 is 1.00 bits per heavy atom. The highest BCUT2D eigenvalue weighted by Crippen LogP contribution is 2.65. The molecule has 0 bridgehead atoms. The quantitative estimate of drug-likeness (QED) is 0.350. The Balaban J connectivity index is 1.48. The summed E-state index contributed by atoms with van der Waals surface area (Å²) in [7, 11) is 1.34. The van der Waals surface area contributed by atoms with E-state index in [-0.39, 0.29) is 42.8 Å². The van der Waals surface area contributed by atoms with E-state index < -0.39 is 45.2 Å². The number of fused-ring (bicyclic) bond motifs is 4. The third kappa shape index (κ3) is 3.08. The molecular weight excluding hydrogens is 531 g/mol. The fourth-order valence-electron chi connectivity index (χ4n) is 6.83. The van der Waals surface area contributed by atoms with Crippen molar-refractivity contribution < 1.29 is 28.7 Å². The molecule has 38 heavy (non-hydrogen) atoms. The van der Waals surface area contributed by atoms with Crippen LogP contribution in [0.2, 0.25) is 0 Å². The highest BCUT2D eigenvalue weighted by atomic mass is 35.5. The number of halogens is 2. The van der Waals surface area contributed by atoms with E-state index >= 15 is 0 Å². The van der Waals surface area contributed by atoms with Crippen molar-refractivity contribution in [3.63, 3.8) is 0 Å². The van der Waals surface area contributed by atoms with Gasteiger partial charge in [0.25, 0.3) is 11.8 Å². The van der Waals surface area contributed by atoms with Crippen molar-refractivity contribution in [2.24, 2.45) is 17.8 Å². The molecule has 4 aliphatic rings.